The lowest BCUT2D eigenvalue weighted by Gasteiger charge is -2.09. The molecule has 1 heterocycles. The van der Waals surface area contributed by atoms with E-state index in [0.717, 1.165) is 29.4 Å². The number of thioether (sulfide) groups is 1. The molecule has 3 rings (SSSR count). The third-order valence-corrected chi connectivity index (χ3v) is 5.01. The highest BCUT2D eigenvalue weighted by Crippen LogP contribution is 2.40. The highest BCUT2D eigenvalue weighted by atomic mass is 35.5. The predicted molar refractivity (Wildman–Crippen MR) is 97.7 cm³/mol. The molecule has 0 aliphatic heterocycles. The van der Waals surface area contributed by atoms with Crippen molar-refractivity contribution >= 4 is 35.0 Å². The van der Waals surface area contributed by atoms with E-state index in [9.17, 15) is 4.79 Å². The zero-order valence-electron chi connectivity index (χ0n) is 13.5. The number of allylic oxidation sites excluding steroid dienone is 1. The highest BCUT2D eigenvalue weighted by molar-refractivity contribution is 7.99. The first-order valence-electron chi connectivity index (χ1n) is 7.81. The fourth-order valence-corrected chi connectivity index (χ4v) is 3.43. The summed E-state index contributed by atoms with van der Waals surface area (Å²) in [5.41, 5.74) is 1.68. The Morgan fingerprint density at radius 1 is 1.50 bits per heavy atom. The molecule has 24 heavy (non-hydrogen) atoms. The zero-order valence-corrected chi connectivity index (χ0v) is 15.0. The van der Waals surface area contributed by atoms with E-state index >= 15 is 0 Å². The van der Waals surface area contributed by atoms with Crippen molar-refractivity contribution in [1.82, 2.24) is 14.8 Å². The molecule has 0 saturated heterocycles. The minimum Gasteiger partial charge on any atom is -0.324 e. The summed E-state index contributed by atoms with van der Waals surface area (Å²) in [6, 6.07) is 5.55. The Labute approximate surface area is 150 Å². The number of aromatic nitrogens is 3. The van der Waals surface area contributed by atoms with Gasteiger partial charge in [-0.1, -0.05) is 35.5 Å². The number of amides is 1. The van der Waals surface area contributed by atoms with Crippen LogP contribution in [0.4, 0.5) is 5.69 Å². The van der Waals surface area contributed by atoms with E-state index in [-0.39, 0.29) is 11.7 Å². The first-order chi connectivity index (χ1) is 11.6. The minimum atomic E-state index is -0.119. The summed E-state index contributed by atoms with van der Waals surface area (Å²) < 4.78 is 2.04. The van der Waals surface area contributed by atoms with E-state index in [4.69, 9.17) is 11.6 Å². The third-order valence-electron chi connectivity index (χ3n) is 3.73. The molecule has 5 nitrogen and oxygen atoms in total. The van der Waals surface area contributed by atoms with Gasteiger partial charge in [0, 0.05) is 12.5 Å². The molecule has 0 unspecified atom stereocenters. The van der Waals surface area contributed by atoms with Gasteiger partial charge in [0.15, 0.2) is 5.16 Å². The average Bonchev–Trinajstić information content (AvgIpc) is 3.31. The van der Waals surface area contributed by atoms with E-state index in [2.05, 4.69) is 22.1 Å². The monoisotopic (exact) mass is 362 g/mol. The van der Waals surface area contributed by atoms with Crippen LogP contribution in [0.2, 0.25) is 5.02 Å². The van der Waals surface area contributed by atoms with Crippen molar-refractivity contribution in [2.45, 2.75) is 37.4 Å². The molecule has 0 atom stereocenters. The van der Waals surface area contributed by atoms with Gasteiger partial charge in [0.1, 0.15) is 5.82 Å². The first kappa shape index (κ1) is 17.0. The van der Waals surface area contributed by atoms with Gasteiger partial charge >= 0.3 is 0 Å². The number of anilines is 1. The summed E-state index contributed by atoms with van der Waals surface area (Å²) in [6.07, 6.45) is 4.14. The van der Waals surface area contributed by atoms with Crippen molar-refractivity contribution < 1.29 is 4.79 Å². The number of nitrogens with zero attached hydrogens (tertiary/aromatic N) is 3. The normalized spacial score (nSPS) is 13.8. The Hall–Kier alpha value is -1.79. The number of benzene rings is 1. The van der Waals surface area contributed by atoms with E-state index < -0.39 is 0 Å². The Morgan fingerprint density at radius 2 is 2.29 bits per heavy atom. The van der Waals surface area contributed by atoms with Crippen LogP contribution in [0, 0.1) is 6.92 Å². The molecule has 1 aliphatic rings. The standard InChI is InChI=1S/C17H19ClN4OS/c1-3-8-22-16(12-5-6-12)20-21-17(22)24-10-15(23)19-14-7-4-11(2)9-13(14)18/h3-4,7,9,12H,1,5-6,8,10H2,2H3,(H,19,23). The second kappa shape index (κ2) is 7.40. The van der Waals surface area contributed by atoms with E-state index in [1.807, 2.05) is 35.8 Å². The van der Waals surface area contributed by atoms with Crippen LogP contribution in [0.15, 0.2) is 36.0 Å². The number of hydrogen-bond acceptors (Lipinski definition) is 4. The Kier molecular flexibility index (Phi) is 5.26. The van der Waals surface area contributed by atoms with Gasteiger partial charge in [0.2, 0.25) is 5.91 Å². The molecule has 1 aromatic carbocycles. The van der Waals surface area contributed by atoms with Gasteiger partial charge in [-0.15, -0.1) is 16.8 Å². The largest absolute Gasteiger partial charge is 0.324 e. The molecule has 0 radical (unpaired) electrons. The third kappa shape index (κ3) is 3.99. The number of rotatable bonds is 7. The topological polar surface area (TPSA) is 59.8 Å². The quantitative estimate of drug-likeness (QED) is 0.596. The number of halogens is 1. The highest BCUT2D eigenvalue weighted by Gasteiger charge is 2.30. The molecule has 0 spiro atoms. The fourth-order valence-electron chi connectivity index (χ4n) is 2.39. The molecule has 1 saturated carbocycles. The Balaban J connectivity index is 1.62. The van der Waals surface area contributed by atoms with E-state index in [1.165, 1.54) is 11.8 Å². The molecule has 1 amide bonds. The van der Waals surface area contributed by atoms with Crippen LogP contribution in [0.1, 0.15) is 30.1 Å². The van der Waals surface area contributed by atoms with Crippen LogP contribution in [-0.2, 0) is 11.3 Å². The van der Waals surface area contributed by atoms with Crippen molar-refractivity contribution in [3.8, 4) is 0 Å². The van der Waals surface area contributed by atoms with Gasteiger partial charge in [-0.3, -0.25) is 4.79 Å². The predicted octanol–water partition coefficient (Wildman–Crippen LogP) is 4.03. The van der Waals surface area contributed by atoms with Crippen molar-refractivity contribution in [1.29, 1.82) is 0 Å². The van der Waals surface area contributed by atoms with E-state index in [1.54, 1.807) is 0 Å². The second-order valence-corrected chi connectivity index (χ2v) is 7.18. The summed E-state index contributed by atoms with van der Waals surface area (Å²) in [4.78, 5) is 12.2. The number of aryl methyl sites for hydroxylation is 1. The molecule has 1 fully saturated rings. The Morgan fingerprint density at radius 3 is 2.96 bits per heavy atom. The summed E-state index contributed by atoms with van der Waals surface area (Å²) in [5.74, 6) is 1.64. The molecular formula is C17H19ClN4OS. The molecule has 7 heteroatoms. The number of carbonyl (C=O) groups excluding carboxylic acids is 1. The van der Waals surface area contributed by atoms with Gasteiger partial charge in [-0.2, -0.15) is 0 Å². The molecule has 126 valence electrons. The van der Waals surface area contributed by atoms with Gasteiger partial charge < -0.3 is 9.88 Å². The summed E-state index contributed by atoms with van der Waals surface area (Å²) >= 11 is 7.52. The van der Waals surface area contributed by atoms with Crippen LogP contribution >= 0.6 is 23.4 Å². The maximum Gasteiger partial charge on any atom is 0.234 e. The second-order valence-electron chi connectivity index (χ2n) is 5.83. The van der Waals surface area contributed by atoms with Crippen molar-refractivity contribution in [3.05, 3.63) is 47.3 Å². The fraction of sp³-hybridized carbons (Fsp3) is 0.353. The van der Waals surface area contributed by atoms with E-state index in [0.29, 0.717) is 23.2 Å². The zero-order chi connectivity index (χ0) is 17.1. The van der Waals surface area contributed by atoms with Gasteiger partial charge in [0.25, 0.3) is 0 Å². The lowest BCUT2D eigenvalue weighted by molar-refractivity contribution is -0.113. The molecule has 2 aromatic rings. The summed E-state index contributed by atoms with van der Waals surface area (Å²) in [7, 11) is 0. The van der Waals surface area contributed by atoms with Gasteiger partial charge in [-0.05, 0) is 37.5 Å². The molecule has 1 N–H and O–H groups in total. The van der Waals surface area contributed by atoms with Crippen LogP contribution in [0.5, 0.6) is 0 Å². The summed E-state index contributed by atoms with van der Waals surface area (Å²) in [5, 5.41) is 12.6. The molecule has 0 bridgehead atoms. The van der Waals surface area contributed by atoms with Gasteiger partial charge in [-0.25, -0.2) is 0 Å². The van der Waals surface area contributed by atoms with Crippen LogP contribution in [-0.4, -0.2) is 26.4 Å². The number of carbonyl (C=O) groups is 1. The maximum absolute atomic E-state index is 12.2. The Bertz CT molecular complexity index is 770. The van der Waals surface area contributed by atoms with Crippen LogP contribution < -0.4 is 5.32 Å². The molecule has 1 aromatic heterocycles. The lowest BCUT2D eigenvalue weighted by atomic mass is 10.2. The minimum absolute atomic E-state index is 0.119. The van der Waals surface area contributed by atoms with Crippen LogP contribution in [0.25, 0.3) is 0 Å². The van der Waals surface area contributed by atoms with Gasteiger partial charge in [0.05, 0.1) is 16.5 Å². The molecule has 1 aliphatic carbocycles. The molecular weight excluding hydrogens is 344 g/mol. The van der Waals surface area contributed by atoms with Crippen LogP contribution in [0.3, 0.4) is 0 Å². The van der Waals surface area contributed by atoms with Crippen molar-refractivity contribution in [3.63, 3.8) is 0 Å². The SMILES string of the molecule is C=CCn1c(SCC(=O)Nc2ccc(C)cc2Cl)nnc1C1CC1. The lowest BCUT2D eigenvalue weighted by Crippen LogP contribution is -2.15. The average molecular weight is 363 g/mol. The smallest absolute Gasteiger partial charge is 0.234 e. The maximum atomic E-state index is 12.2. The first-order valence-corrected chi connectivity index (χ1v) is 9.17. The number of hydrogen-bond donors (Lipinski definition) is 1. The summed E-state index contributed by atoms with van der Waals surface area (Å²) in [6.45, 7) is 6.40. The number of nitrogens with one attached hydrogen (secondary N) is 1. The van der Waals surface area contributed by atoms with Crippen molar-refractivity contribution in [2.24, 2.45) is 0 Å². The van der Waals surface area contributed by atoms with Crippen molar-refractivity contribution in [2.75, 3.05) is 11.1 Å².